The summed E-state index contributed by atoms with van der Waals surface area (Å²) in [6.45, 7) is 0.596. The van der Waals surface area contributed by atoms with E-state index in [-0.39, 0.29) is 0 Å². The Morgan fingerprint density at radius 1 is 1.32 bits per heavy atom. The second kappa shape index (κ2) is 6.46. The van der Waals surface area contributed by atoms with Crippen LogP contribution in [0.25, 0.3) is 0 Å². The van der Waals surface area contributed by atoms with E-state index < -0.39 is 0 Å². The molecule has 4 N–H and O–H groups in total. The maximum atomic E-state index is 5.28. The van der Waals surface area contributed by atoms with E-state index in [1.165, 1.54) is 0 Å². The number of nitrogens with zero attached hydrogens (tertiary/aromatic N) is 2. The zero-order valence-corrected chi connectivity index (χ0v) is 11.9. The van der Waals surface area contributed by atoms with Crippen molar-refractivity contribution in [2.24, 2.45) is 5.84 Å². The summed E-state index contributed by atoms with van der Waals surface area (Å²) in [5.74, 6) is 6.27. The van der Waals surface area contributed by atoms with E-state index >= 15 is 0 Å². The van der Waals surface area contributed by atoms with Crippen LogP contribution in [0.2, 0.25) is 0 Å². The molecule has 0 aliphatic carbocycles. The molecular formula is C12H14BrN5O. The van der Waals surface area contributed by atoms with Crippen LogP contribution in [0.4, 0.5) is 17.5 Å². The molecular weight excluding hydrogens is 310 g/mol. The van der Waals surface area contributed by atoms with Crippen molar-refractivity contribution >= 4 is 33.4 Å². The van der Waals surface area contributed by atoms with Crippen LogP contribution in [0.15, 0.2) is 34.9 Å². The van der Waals surface area contributed by atoms with E-state index in [2.05, 4.69) is 36.6 Å². The molecule has 0 saturated heterocycles. The average Bonchev–Trinajstić information content (AvgIpc) is 2.44. The van der Waals surface area contributed by atoms with Gasteiger partial charge < -0.3 is 10.1 Å². The second-order valence-corrected chi connectivity index (χ2v) is 4.64. The number of methoxy groups -OCH3 is 1. The number of hydrogen-bond donors (Lipinski definition) is 3. The quantitative estimate of drug-likeness (QED) is 0.578. The number of anilines is 3. The Balaban J connectivity index is 2.16. The van der Waals surface area contributed by atoms with Gasteiger partial charge in [-0.1, -0.05) is 12.1 Å². The Labute approximate surface area is 119 Å². The third-order valence-corrected chi connectivity index (χ3v) is 2.98. The number of ether oxygens (including phenoxy) is 1. The highest BCUT2D eigenvalue weighted by atomic mass is 79.9. The third-order valence-electron chi connectivity index (χ3n) is 2.40. The van der Waals surface area contributed by atoms with Crippen molar-refractivity contribution in [3.05, 3.63) is 40.5 Å². The van der Waals surface area contributed by atoms with Crippen LogP contribution < -0.4 is 16.6 Å². The molecule has 0 atom stereocenters. The smallest absolute Gasteiger partial charge is 0.239 e. The summed E-state index contributed by atoms with van der Waals surface area (Å²) in [5.41, 5.74) is 4.44. The van der Waals surface area contributed by atoms with Crippen molar-refractivity contribution < 1.29 is 4.74 Å². The van der Waals surface area contributed by atoms with E-state index in [1.54, 1.807) is 13.3 Å². The van der Waals surface area contributed by atoms with Gasteiger partial charge in [-0.3, -0.25) is 5.43 Å². The molecule has 1 heterocycles. The van der Waals surface area contributed by atoms with Gasteiger partial charge in [0.05, 0.1) is 11.1 Å². The predicted molar refractivity (Wildman–Crippen MR) is 78.0 cm³/mol. The van der Waals surface area contributed by atoms with Gasteiger partial charge in [0, 0.05) is 19.0 Å². The lowest BCUT2D eigenvalue weighted by molar-refractivity contribution is 0.185. The SMILES string of the molecule is COCc1ccc(Nc2nc(NN)ncc2Br)cc1. The molecule has 0 aliphatic rings. The van der Waals surface area contributed by atoms with E-state index in [4.69, 9.17) is 10.6 Å². The van der Waals surface area contributed by atoms with Crippen LogP contribution in [-0.4, -0.2) is 17.1 Å². The van der Waals surface area contributed by atoms with Crippen molar-refractivity contribution in [3.63, 3.8) is 0 Å². The molecule has 0 fully saturated rings. The Morgan fingerprint density at radius 3 is 2.68 bits per heavy atom. The number of benzene rings is 1. The summed E-state index contributed by atoms with van der Waals surface area (Å²) in [7, 11) is 1.67. The summed E-state index contributed by atoms with van der Waals surface area (Å²) in [4.78, 5) is 8.20. The molecule has 7 heteroatoms. The van der Waals surface area contributed by atoms with Crippen LogP contribution in [0.3, 0.4) is 0 Å². The Hall–Kier alpha value is -1.70. The van der Waals surface area contributed by atoms with E-state index in [0.29, 0.717) is 18.4 Å². The lowest BCUT2D eigenvalue weighted by Gasteiger charge is -2.09. The molecule has 0 unspecified atom stereocenters. The summed E-state index contributed by atoms with van der Waals surface area (Å²) in [6.07, 6.45) is 1.63. The third kappa shape index (κ3) is 3.63. The van der Waals surface area contributed by atoms with Gasteiger partial charge in [0.2, 0.25) is 5.95 Å². The maximum absolute atomic E-state index is 5.28. The largest absolute Gasteiger partial charge is 0.380 e. The van der Waals surface area contributed by atoms with Crippen LogP contribution in [0, 0.1) is 0 Å². The van der Waals surface area contributed by atoms with Crippen molar-refractivity contribution in [1.29, 1.82) is 0 Å². The number of hydrazine groups is 1. The number of nitrogens with one attached hydrogen (secondary N) is 2. The first-order valence-electron chi connectivity index (χ1n) is 5.57. The van der Waals surface area contributed by atoms with Crippen LogP contribution in [-0.2, 0) is 11.3 Å². The van der Waals surface area contributed by atoms with E-state index in [0.717, 1.165) is 15.7 Å². The van der Waals surface area contributed by atoms with Gasteiger partial charge >= 0.3 is 0 Å². The van der Waals surface area contributed by atoms with Gasteiger partial charge in [-0.15, -0.1) is 0 Å². The molecule has 1 aromatic heterocycles. The molecule has 0 amide bonds. The van der Waals surface area contributed by atoms with Gasteiger partial charge in [0.1, 0.15) is 5.82 Å². The van der Waals surface area contributed by atoms with Gasteiger partial charge in [-0.25, -0.2) is 10.8 Å². The second-order valence-electron chi connectivity index (χ2n) is 3.79. The molecule has 6 nitrogen and oxygen atoms in total. The fraction of sp³-hybridized carbons (Fsp3) is 0.167. The molecule has 0 saturated carbocycles. The minimum Gasteiger partial charge on any atom is -0.380 e. The summed E-state index contributed by atoms with van der Waals surface area (Å²) in [5, 5.41) is 3.18. The van der Waals surface area contributed by atoms with Crippen molar-refractivity contribution in [3.8, 4) is 0 Å². The van der Waals surface area contributed by atoms with Crippen molar-refractivity contribution in [2.45, 2.75) is 6.61 Å². The number of aromatic nitrogens is 2. The van der Waals surface area contributed by atoms with Crippen LogP contribution in [0.5, 0.6) is 0 Å². The molecule has 0 radical (unpaired) electrons. The van der Waals surface area contributed by atoms with Gasteiger partial charge in [0.15, 0.2) is 0 Å². The maximum Gasteiger partial charge on any atom is 0.239 e. The zero-order chi connectivity index (χ0) is 13.7. The molecule has 2 aromatic rings. The summed E-state index contributed by atoms with van der Waals surface area (Å²) < 4.78 is 5.82. The highest BCUT2D eigenvalue weighted by Gasteiger charge is 2.04. The first-order valence-corrected chi connectivity index (χ1v) is 6.36. The van der Waals surface area contributed by atoms with Crippen LogP contribution >= 0.6 is 15.9 Å². The number of nitrogen functional groups attached to an aromatic ring is 1. The lowest BCUT2D eigenvalue weighted by atomic mass is 10.2. The first-order chi connectivity index (χ1) is 9.22. The molecule has 1 aromatic carbocycles. The fourth-order valence-corrected chi connectivity index (χ4v) is 1.80. The van der Waals surface area contributed by atoms with Gasteiger partial charge in [-0.2, -0.15) is 4.98 Å². The number of nitrogens with two attached hydrogens (primary N) is 1. The molecule has 0 bridgehead atoms. The Bertz CT molecular complexity index is 546. The Kier molecular flexibility index (Phi) is 4.67. The number of rotatable bonds is 5. The topological polar surface area (TPSA) is 85.1 Å². The fourth-order valence-electron chi connectivity index (χ4n) is 1.51. The monoisotopic (exact) mass is 323 g/mol. The highest BCUT2D eigenvalue weighted by molar-refractivity contribution is 9.10. The minimum absolute atomic E-state index is 0.349. The van der Waals surface area contributed by atoms with Gasteiger partial charge in [0.25, 0.3) is 0 Å². The first kappa shape index (κ1) is 13.7. The highest BCUT2D eigenvalue weighted by Crippen LogP contribution is 2.24. The molecule has 2 rings (SSSR count). The summed E-state index contributed by atoms with van der Waals surface area (Å²) in [6, 6.07) is 7.89. The summed E-state index contributed by atoms with van der Waals surface area (Å²) >= 11 is 3.38. The predicted octanol–water partition coefficient (Wildman–Crippen LogP) is 2.41. The number of halogens is 1. The van der Waals surface area contributed by atoms with Crippen molar-refractivity contribution in [2.75, 3.05) is 17.9 Å². The average molecular weight is 324 g/mol. The van der Waals surface area contributed by atoms with Gasteiger partial charge in [-0.05, 0) is 33.6 Å². The molecule has 100 valence electrons. The van der Waals surface area contributed by atoms with E-state index in [9.17, 15) is 0 Å². The van der Waals surface area contributed by atoms with E-state index in [1.807, 2.05) is 24.3 Å². The standard InChI is InChI=1S/C12H14BrN5O/c1-19-7-8-2-4-9(5-3-8)16-11-10(13)6-15-12(17-11)18-14/h2-6H,7,14H2,1H3,(H2,15,16,17,18). The van der Waals surface area contributed by atoms with Crippen LogP contribution in [0.1, 0.15) is 5.56 Å². The lowest BCUT2D eigenvalue weighted by Crippen LogP contribution is -2.11. The molecule has 19 heavy (non-hydrogen) atoms. The molecule has 0 spiro atoms. The normalized spacial score (nSPS) is 10.3. The minimum atomic E-state index is 0.349. The molecule has 0 aliphatic heterocycles. The zero-order valence-electron chi connectivity index (χ0n) is 10.4. The van der Waals surface area contributed by atoms with Crippen molar-refractivity contribution in [1.82, 2.24) is 9.97 Å². The Morgan fingerprint density at radius 2 is 2.05 bits per heavy atom. The number of hydrogen-bond acceptors (Lipinski definition) is 6.